The van der Waals surface area contributed by atoms with Crippen molar-refractivity contribution in [3.8, 4) is 0 Å². The van der Waals surface area contributed by atoms with Gasteiger partial charge in [0.1, 0.15) is 19.1 Å². The number of hydrogen-bond acceptors (Lipinski definition) is 2. The monoisotopic (exact) mass is 324 g/mol. The molecule has 134 valence electrons. The molecule has 0 aromatic rings. The maximum Gasteiger partial charge on any atom is 0.327 e. The second-order valence-electron chi connectivity index (χ2n) is 9.29. The van der Waals surface area contributed by atoms with E-state index in [0.717, 1.165) is 11.2 Å². The van der Waals surface area contributed by atoms with E-state index in [1.165, 1.54) is 39.0 Å². The zero-order chi connectivity index (χ0) is 17.5. The van der Waals surface area contributed by atoms with E-state index in [-0.39, 0.29) is 11.1 Å². The predicted molar refractivity (Wildman–Crippen MR) is 99.0 cm³/mol. The van der Waals surface area contributed by atoms with Crippen molar-refractivity contribution in [2.24, 2.45) is 0 Å². The quantitative estimate of drug-likeness (QED) is 0.548. The van der Waals surface area contributed by atoms with E-state index in [9.17, 15) is 0 Å². The lowest BCUT2D eigenvalue weighted by atomic mass is 9.81. The highest BCUT2D eigenvalue weighted by molar-refractivity contribution is 5.42. The van der Waals surface area contributed by atoms with Crippen molar-refractivity contribution in [2.75, 3.05) is 46.9 Å². The summed E-state index contributed by atoms with van der Waals surface area (Å²) in [4.78, 5) is 5.10. The molecule has 2 rings (SSSR count). The second kappa shape index (κ2) is 6.45. The lowest BCUT2D eigenvalue weighted by Gasteiger charge is -2.50. The van der Waals surface area contributed by atoms with Crippen LogP contribution < -0.4 is 0 Å². The minimum Gasteiger partial charge on any atom is -0.292 e. The van der Waals surface area contributed by atoms with E-state index in [0.29, 0.717) is 6.04 Å². The number of rotatable bonds is 6. The van der Waals surface area contributed by atoms with Crippen LogP contribution in [-0.2, 0) is 0 Å². The summed E-state index contributed by atoms with van der Waals surface area (Å²) in [5.74, 6) is 0. The summed E-state index contributed by atoms with van der Waals surface area (Å²) in [5, 5.41) is 0. The van der Waals surface area contributed by atoms with Crippen molar-refractivity contribution in [2.45, 2.75) is 71.5 Å². The van der Waals surface area contributed by atoms with Gasteiger partial charge in [0.15, 0.2) is 6.54 Å². The molecule has 0 N–H and O–H groups in total. The highest BCUT2D eigenvalue weighted by Gasteiger charge is 2.54. The van der Waals surface area contributed by atoms with Gasteiger partial charge in [0.05, 0.1) is 12.7 Å². The molecule has 0 saturated carbocycles. The largest absolute Gasteiger partial charge is 0.327 e. The van der Waals surface area contributed by atoms with Gasteiger partial charge in [-0.1, -0.05) is 6.92 Å². The molecular weight excluding hydrogens is 284 g/mol. The van der Waals surface area contributed by atoms with Crippen LogP contribution in [0, 0.1) is 0 Å². The Morgan fingerprint density at radius 2 is 1.87 bits per heavy atom. The Labute approximate surface area is 144 Å². The number of nitrogens with zero attached hydrogens (tertiary/aromatic N) is 4. The van der Waals surface area contributed by atoms with Crippen LogP contribution in [0.2, 0.25) is 0 Å². The summed E-state index contributed by atoms with van der Waals surface area (Å²) in [6, 6.07) is 0.673. The third kappa shape index (κ3) is 3.49. The highest BCUT2D eigenvalue weighted by atomic mass is 15.5. The fourth-order valence-corrected chi connectivity index (χ4v) is 5.04. The average molecular weight is 325 g/mol. The maximum atomic E-state index is 2.67. The number of hydrogen-bond donors (Lipinski definition) is 0. The van der Waals surface area contributed by atoms with Crippen molar-refractivity contribution >= 4 is 6.34 Å². The molecule has 4 nitrogen and oxygen atoms in total. The van der Waals surface area contributed by atoms with Crippen LogP contribution in [0.25, 0.3) is 0 Å². The summed E-state index contributed by atoms with van der Waals surface area (Å²) in [6.45, 7) is 20.6. The standard InChI is InChI=1S/C19H40N4/c1-9-17(2)23(13-12-21(8)16-23)19(5,6)14-18(3,4)22-11-10-20(7)15-22/h16-17H,9-15H2,1-8H3/q+2. The van der Waals surface area contributed by atoms with Gasteiger partial charge in [0, 0.05) is 25.0 Å². The van der Waals surface area contributed by atoms with Gasteiger partial charge in [-0.05, 0) is 48.1 Å². The first-order valence-electron chi connectivity index (χ1n) is 9.41. The van der Waals surface area contributed by atoms with Crippen molar-refractivity contribution in [3.05, 3.63) is 0 Å². The van der Waals surface area contributed by atoms with Crippen molar-refractivity contribution < 1.29 is 9.06 Å². The first kappa shape index (κ1) is 18.9. The second-order valence-corrected chi connectivity index (χ2v) is 9.29. The molecule has 0 aromatic heterocycles. The van der Waals surface area contributed by atoms with Crippen molar-refractivity contribution in [1.29, 1.82) is 0 Å². The molecule has 0 amide bonds. The molecule has 1 fully saturated rings. The van der Waals surface area contributed by atoms with Crippen LogP contribution in [-0.4, -0.2) is 89.3 Å². The van der Waals surface area contributed by atoms with Gasteiger partial charge in [0.2, 0.25) is 0 Å². The molecule has 2 heterocycles. The Morgan fingerprint density at radius 3 is 2.30 bits per heavy atom. The van der Waals surface area contributed by atoms with Crippen LogP contribution in [0.1, 0.15) is 54.4 Å². The van der Waals surface area contributed by atoms with Crippen LogP contribution in [0.5, 0.6) is 0 Å². The van der Waals surface area contributed by atoms with E-state index in [4.69, 9.17) is 0 Å². The van der Waals surface area contributed by atoms with Crippen LogP contribution in [0.4, 0.5) is 0 Å². The zero-order valence-electron chi connectivity index (χ0n) is 16.9. The van der Waals surface area contributed by atoms with Gasteiger partial charge in [-0.3, -0.25) is 9.80 Å². The molecule has 0 radical (unpaired) electrons. The Morgan fingerprint density at radius 1 is 1.22 bits per heavy atom. The van der Waals surface area contributed by atoms with Gasteiger partial charge >= 0.3 is 6.34 Å². The predicted octanol–water partition coefficient (Wildman–Crippen LogP) is 2.44. The van der Waals surface area contributed by atoms with Crippen molar-refractivity contribution in [3.63, 3.8) is 0 Å². The summed E-state index contributed by atoms with van der Waals surface area (Å²) >= 11 is 0. The highest BCUT2D eigenvalue weighted by Crippen LogP contribution is 2.38. The van der Waals surface area contributed by atoms with Crippen LogP contribution in [0.3, 0.4) is 0 Å². The summed E-state index contributed by atoms with van der Waals surface area (Å²) in [5.41, 5.74) is 0.479. The Balaban J connectivity index is 2.25. The molecule has 2 unspecified atom stereocenters. The minimum atomic E-state index is 0.238. The first-order valence-corrected chi connectivity index (χ1v) is 9.41. The Hall–Kier alpha value is -0.450. The molecule has 0 aromatic carbocycles. The fraction of sp³-hybridized carbons (Fsp3) is 0.947. The van der Waals surface area contributed by atoms with Crippen molar-refractivity contribution in [1.82, 2.24) is 9.80 Å². The molecule has 23 heavy (non-hydrogen) atoms. The minimum absolute atomic E-state index is 0.238. The normalized spacial score (nSPS) is 29.1. The zero-order valence-corrected chi connectivity index (χ0v) is 16.9. The summed E-state index contributed by atoms with van der Waals surface area (Å²) < 4.78 is 3.54. The van der Waals surface area contributed by atoms with Gasteiger partial charge < -0.3 is 0 Å². The van der Waals surface area contributed by atoms with Gasteiger partial charge in [-0.2, -0.15) is 4.58 Å². The molecular formula is C19H40N4+2. The molecule has 2 atom stereocenters. The molecule has 0 spiro atoms. The van der Waals surface area contributed by atoms with E-state index >= 15 is 0 Å². The third-order valence-corrected chi connectivity index (χ3v) is 6.62. The van der Waals surface area contributed by atoms with Crippen LogP contribution >= 0.6 is 0 Å². The van der Waals surface area contributed by atoms with Gasteiger partial charge in [-0.25, -0.2) is 4.48 Å². The number of likely N-dealkylation sites (N-methyl/N-ethyl adjacent to an activating group) is 2. The molecule has 0 bridgehead atoms. The molecule has 2 aliphatic heterocycles. The molecule has 2 aliphatic rings. The SMILES string of the molecule is CCC(C)[N+]1(C(C)(C)CC(C)(C)N2CCN(C)C2)C=[N+](C)CC1. The van der Waals surface area contributed by atoms with Gasteiger partial charge in [-0.15, -0.1) is 0 Å². The van der Waals surface area contributed by atoms with Gasteiger partial charge in [0.25, 0.3) is 0 Å². The fourth-order valence-electron chi connectivity index (χ4n) is 5.04. The third-order valence-electron chi connectivity index (χ3n) is 6.62. The number of quaternary nitrogens is 1. The lowest BCUT2D eigenvalue weighted by molar-refractivity contribution is -0.905. The summed E-state index contributed by atoms with van der Waals surface area (Å²) in [6.07, 6.45) is 4.98. The van der Waals surface area contributed by atoms with E-state index in [1.807, 2.05) is 0 Å². The Kier molecular flexibility index (Phi) is 5.30. The molecule has 4 heteroatoms. The average Bonchev–Trinajstić information content (AvgIpc) is 3.04. The van der Waals surface area contributed by atoms with Crippen LogP contribution in [0.15, 0.2) is 0 Å². The molecule has 0 aliphatic carbocycles. The summed E-state index contributed by atoms with van der Waals surface area (Å²) in [7, 11) is 4.47. The molecule has 1 saturated heterocycles. The van der Waals surface area contributed by atoms with E-state index in [1.54, 1.807) is 0 Å². The first-order chi connectivity index (χ1) is 10.5. The van der Waals surface area contributed by atoms with E-state index < -0.39 is 0 Å². The van der Waals surface area contributed by atoms with E-state index in [2.05, 4.69) is 76.4 Å². The lowest BCUT2D eigenvalue weighted by Crippen LogP contribution is -2.67. The topological polar surface area (TPSA) is 9.49 Å². The Bertz CT molecular complexity index is 454. The smallest absolute Gasteiger partial charge is 0.292 e. The maximum absolute atomic E-state index is 2.67.